The van der Waals surface area contributed by atoms with E-state index in [1.807, 2.05) is 4.90 Å². The number of aliphatic hydroxyl groups is 2. The molecule has 0 aromatic heterocycles. The van der Waals surface area contributed by atoms with Crippen LogP contribution >= 0.6 is 11.6 Å². The summed E-state index contributed by atoms with van der Waals surface area (Å²) in [5.41, 5.74) is 0.474. The molecule has 2 amide bonds. The summed E-state index contributed by atoms with van der Waals surface area (Å²) in [4.78, 5) is 26.7. The van der Waals surface area contributed by atoms with Crippen molar-refractivity contribution in [2.45, 2.75) is 63.3 Å². The first-order valence-electron chi connectivity index (χ1n) is 11.1. The quantitative estimate of drug-likeness (QED) is 0.175. The van der Waals surface area contributed by atoms with Gasteiger partial charge in [-0.15, -0.1) is 0 Å². The van der Waals surface area contributed by atoms with Crippen LogP contribution in [0.1, 0.15) is 39.0 Å². The number of alkyl carbamates (subject to hydrolysis) is 1. The maximum absolute atomic E-state index is 12.6. The molecule has 12 nitrogen and oxygen atoms in total. The maximum atomic E-state index is 12.6. The molecule has 0 spiro atoms. The van der Waals surface area contributed by atoms with Gasteiger partial charge >= 0.3 is 6.09 Å². The number of amides is 2. The summed E-state index contributed by atoms with van der Waals surface area (Å²) < 4.78 is 30.8. The Bertz CT molecular complexity index is 877. The molecule has 1 aliphatic carbocycles. The van der Waals surface area contributed by atoms with Crippen molar-refractivity contribution in [3.63, 3.8) is 0 Å². The van der Waals surface area contributed by atoms with E-state index in [1.54, 1.807) is 6.92 Å². The lowest BCUT2D eigenvalue weighted by Gasteiger charge is -2.29. The zero-order valence-electron chi connectivity index (χ0n) is 19.4. The molecule has 1 heterocycles. The monoisotopic (exact) mass is 523 g/mol. The van der Waals surface area contributed by atoms with Crippen LogP contribution in [0.5, 0.6) is 0 Å². The van der Waals surface area contributed by atoms with Crippen LogP contribution in [0.3, 0.4) is 0 Å². The van der Waals surface area contributed by atoms with Crippen LogP contribution in [0.15, 0.2) is 15.8 Å². The van der Waals surface area contributed by atoms with Gasteiger partial charge in [-0.1, -0.05) is 11.6 Å². The molecule has 194 valence electrons. The van der Waals surface area contributed by atoms with Crippen molar-refractivity contribution >= 4 is 40.3 Å². The molecule has 0 aromatic carbocycles. The molecule has 2 fully saturated rings. The van der Waals surface area contributed by atoms with Gasteiger partial charge in [-0.2, -0.15) is 5.10 Å². The van der Waals surface area contributed by atoms with Gasteiger partial charge in [0.05, 0.1) is 32.1 Å². The second kappa shape index (κ2) is 12.7. The average molecular weight is 524 g/mol. The summed E-state index contributed by atoms with van der Waals surface area (Å²) in [6.45, 7) is 5.05. The predicted octanol–water partition coefficient (Wildman–Crippen LogP) is -0.0850. The van der Waals surface area contributed by atoms with Gasteiger partial charge in [0.15, 0.2) is 0 Å². The first kappa shape index (κ1) is 28.3. The maximum Gasteiger partial charge on any atom is 0.407 e. The van der Waals surface area contributed by atoms with Crippen molar-refractivity contribution in [1.82, 2.24) is 19.9 Å². The number of rotatable bonds is 10. The number of carbonyl (C=O) groups excluding carboxylic acids is 2. The molecule has 2 aliphatic rings. The Morgan fingerprint density at radius 1 is 1.26 bits per heavy atom. The highest BCUT2D eigenvalue weighted by atomic mass is 35.5. The van der Waals surface area contributed by atoms with Crippen LogP contribution in [0, 0.1) is 0 Å². The van der Waals surface area contributed by atoms with E-state index in [1.165, 1.54) is 0 Å². The first-order valence-corrected chi connectivity index (χ1v) is 13.3. The summed E-state index contributed by atoms with van der Waals surface area (Å²) in [5.74, 6) is -0.662. The van der Waals surface area contributed by atoms with Crippen molar-refractivity contribution in [2.75, 3.05) is 32.5 Å². The van der Waals surface area contributed by atoms with Crippen molar-refractivity contribution in [3.8, 4) is 0 Å². The smallest absolute Gasteiger partial charge is 0.407 e. The van der Waals surface area contributed by atoms with E-state index < -0.39 is 34.7 Å². The SMILES string of the molecule is C=NN(CC(O)CO)C(=O)/C(Cl)=C(\C)N1CC[C@@H](OC(=O)NC2CCC(NS(C)(=O)=O)CC2)C1. The number of ether oxygens (including phenoxy) is 1. The number of hydrazone groups is 1. The predicted molar refractivity (Wildman–Crippen MR) is 127 cm³/mol. The Balaban J connectivity index is 1.83. The summed E-state index contributed by atoms with van der Waals surface area (Å²) >= 11 is 6.25. The van der Waals surface area contributed by atoms with Crippen LogP contribution in [0.4, 0.5) is 4.79 Å². The molecule has 14 heteroatoms. The summed E-state index contributed by atoms with van der Waals surface area (Å²) in [6, 6.07) is -0.197. The molecule has 34 heavy (non-hydrogen) atoms. The Kier molecular flexibility index (Phi) is 10.6. The lowest BCUT2D eigenvalue weighted by Crippen LogP contribution is -2.44. The molecule has 0 bridgehead atoms. The third-order valence-electron chi connectivity index (χ3n) is 5.83. The molecule has 0 aromatic rings. The number of nitrogens with zero attached hydrogens (tertiary/aromatic N) is 3. The Hall–Kier alpha value is -1.93. The lowest BCUT2D eigenvalue weighted by atomic mass is 9.92. The molecular formula is C20H34ClN5O7S. The zero-order valence-corrected chi connectivity index (χ0v) is 21.0. The van der Waals surface area contributed by atoms with Gasteiger partial charge in [-0.05, 0) is 32.6 Å². The van der Waals surface area contributed by atoms with Gasteiger partial charge in [-0.25, -0.2) is 22.9 Å². The van der Waals surface area contributed by atoms with Gasteiger partial charge in [-0.3, -0.25) is 4.79 Å². The number of nitrogens with one attached hydrogen (secondary N) is 2. The van der Waals surface area contributed by atoms with Crippen molar-refractivity contribution in [1.29, 1.82) is 0 Å². The van der Waals surface area contributed by atoms with E-state index in [2.05, 4.69) is 21.9 Å². The van der Waals surface area contributed by atoms with E-state index >= 15 is 0 Å². The van der Waals surface area contributed by atoms with Gasteiger partial charge in [0.1, 0.15) is 11.1 Å². The molecule has 2 rings (SSSR count). The number of aliphatic hydroxyl groups excluding tert-OH is 2. The molecule has 2 atom stereocenters. The van der Waals surface area contributed by atoms with Gasteiger partial charge in [0.2, 0.25) is 10.0 Å². The third-order valence-corrected chi connectivity index (χ3v) is 7.02. The van der Waals surface area contributed by atoms with Crippen LogP contribution in [0.2, 0.25) is 0 Å². The molecule has 1 saturated heterocycles. The second-order valence-corrected chi connectivity index (χ2v) is 10.8. The number of halogens is 1. The van der Waals surface area contributed by atoms with Gasteiger partial charge in [0.25, 0.3) is 5.91 Å². The van der Waals surface area contributed by atoms with Crippen LogP contribution in [-0.4, -0.2) is 104 Å². The highest BCUT2D eigenvalue weighted by molar-refractivity contribution is 7.88. The molecule has 0 radical (unpaired) electrons. The van der Waals surface area contributed by atoms with Gasteiger partial charge < -0.3 is 25.2 Å². The normalized spacial score (nSPS) is 24.7. The fourth-order valence-corrected chi connectivity index (χ4v) is 5.07. The Morgan fingerprint density at radius 2 is 1.88 bits per heavy atom. The number of hydrogen-bond acceptors (Lipinski definition) is 9. The third kappa shape index (κ3) is 8.69. The zero-order chi connectivity index (χ0) is 25.5. The minimum Gasteiger partial charge on any atom is -0.444 e. The number of sulfonamides is 1. The van der Waals surface area contributed by atoms with Gasteiger partial charge in [0, 0.05) is 37.5 Å². The number of likely N-dealkylation sites (tertiary alicyclic amines) is 1. The first-order chi connectivity index (χ1) is 15.9. The largest absolute Gasteiger partial charge is 0.444 e. The van der Waals surface area contributed by atoms with E-state index in [0.29, 0.717) is 50.9 Å². The molecular weight excluding hydrogens is 490 g/mol. The molecule has 1 aliphatic heterocycles. The van der Waals surface area contributed by atoms with E-state index in [0.717, 1.165) is 11.3 Å². The topological polar surface area (TPSA) is 161 Å². The van der Waals surface area contributed by atoms with E-state index in [4.69, 9.17) is 21.4 Å². The lowest BCUT2D eigenvalue weighted by molar-refractivity contribution is -0.128. The molecule has 4 N–H and O–H groups in total. The van der Waals surface area contributed by atoms with Crippen LogP contribution in [0.25, 0.3) is 0 Å². The highest BCUT2D eigenvalue weighted by Gasteiger charge is 2.30. The number of carbonyl (C=O) groups is 2. The summed E-state index contributed by atoms with van der Waals surface area (Å²) in [7, 11) is -3.25. The van der Waals surface area contributed by atoms with Crippen LogP contribution < -0.4 is 10.0 Å². The van der Waals surface area contributed by atoms with Crippen molar-refractivity contribution in [2.24, 2.45) is 5.10 Å². The summed E-state index contributed by atoms with van der Waals surface area (Å²) in [5, 5.41) is 25.7. The Labute approximate surface area is 205 Å². The van der Waals surface area contributed by atoms with E-state index in [-0.39, 0.29) is 29.8 Å². The van der Waals surface area contributed by atoms with Crippen molar-refractivity contribution in [3.05, 3.63) is 10.7 Å². The minimum atomic E-state index is -3.25. The van der Waals surface area contributed by atoms with E-state index in [9.17, 15) is 23.1 Å². The fraction of sp³-hybridized carbons (Fsp3) is 0.750. The minimum absolute atomic E-state index is 0.0806. The average Bonchev–Trinajstić information content (AvgIpc) is 3.24. The molecule has 1 unspecified atom stereocenters. The fourth-order valence-electron chi connectivity index (χ4n) is 4.01. The Morgan fingerprint density at radius 3 is 2.44 bits per heavy atom. The molecule has 1 saturated carbocycles. The number of hydrogen-bond donors (Lipinski definition) is 4. The van der Waals surface area contributed by atoms with Crippen molar-refractivity contribution < 1.29 is 33.0 Å². The standard InChI is InChI=1S/C20H34ClN5O7S/c1-13(18(21)19(29)26(22-2)10-16(28)12-27)25-9-8-17(11-25)33-20(30)23-14-4-6-15(7-5-14)24-34(3,31)32/h14-17,24,27-28H,2,4-12H2,1,3H3,(H,23,30)/b18-13-/t14?,15?,16?,17-/m1/s1. The summed E-state index contributed by atoms with van der Waals surface area (Å²) in [6.07, 6.45) is 2.17. The second-order valence-electron chi connectivity index (χ2n) is 8.61. The highest BCUT2D eigenvalue weighted by Crippen LogP contribution is 2.24. The number of allylic oxidation sites excluding steroid dienone is 1. The van der Waals surface area contributed by atoms with Crippen LogP contribution in [-0.2, 0) is 19.6 Å².